The molecule has 20 heavy (non-hydrogen) atoms. The van der Waals surface area contributed by atoms with Crippen LogP contribution in [0.15, 0.2) is 30.5 Å². The Morgan fingerprint density at radius 3 is 2.65 bits per heavy atom. The molecule has 0 amide bonds. The van der Waals surface area contributed by atoms with Crippen molar-refractivity contribution in [3.63, 3.8) is 0 Å². The summed E-state index contributed by atoms with van der Waals surface area (Å²) >= 11 is 0. The quantitative estimate of drug-likeness (QED) is 0.625. The van der Waals surface area contributed by atoms with Gasteiger partial charge in [0.05, 0.1) is 16.8 Å². The average Bonchev–Trinajstić information content (AvgIpc) is 2.94. The number of nitrogens with zero attached hydrogens (tertiary/aromatic N) is 2. The topological polar surface area (TPSA) is 97.8 Å². The van der Waals surface area contributed by atoms with E-state index in [0.717, 1.165) is 29.9 Å². The van der Waals surface area contributed by atoms with Gasteiger partial charge in [0.25, 0.3) is 5.69 Å². The standard InChI is InChI=1S/C14H18N4O2/c1-2-3-11(8-15)14-16-9-13(17-14)10-4-6-12(7-5-10)18(19)20/h4-7,9,11H,2-3,8,15H2,1H3,(H,16,17). The maximum atomic E-state index is 10.6. The maximum absolute atomic E-state index is 10.6. The van der Waals surface area contributed by atoms with Crippen LogP contribution in [0.5, 0.6) is 0 Å². The molecule has 1 atom stereocenters. The van der Waals surface area contributed by atoms with Crippen LogP contribution in [-0.4, -0.2) is 21.4 Å². The van der Waals surface area contributed by atoms with E-state index in [1.807, 2.05) is 0 Å². The largest absolute Gasteiger partial charge is 0.342 e. The van der Waals surface area contributed by atoms with E-state index < -0.39 is 4.92 Å². The fourth-order valence-electron chi connectivity index (χ4n) is 2.17. The molecule has 106 valence electrons. The van der Waals surface area contributed by atoms with Gasteiger partial charge >= 0.3 is 0 Å². The van der Waals surface area contributed by atoms with Crippen molar-refractivity contribution in [3.05, 3.63) is 46.4 Å². The Kier molecular flexibility index (Phi) is 4.47. The summed E-state index contributed by atoms with van der Waals surface area (Å²) in [6.45, 7) is 2.67. The fraction of sp³-hybridized carbons (Fsp3) is 0.357. The molecule has 0 saturated heterocycles. The number of aromatic nitrogens is 2. The molecular weight excluding hydrogens is 256 g/mol. The Hall–Kier alpha value is -2.21. The first-order valence-electron chi connectivity index (χ1n) is 6.65. The molecular formula is C14H18N4O2. The van der Waals surface area contributed by atoms with E-state index >= 15 is 0 Å². The zero-order valence-electron chi connectivity index (χ0n) is 11.4. The van der Waals surface area contributed by atoms with Gasteiger partial charge in [-0.3, -0.25) is 10.1 Å². The molecule has 0 bridgehead atoms. The van der Waals surface area contributed by atoms with Crippen LogP contribution in [0.1, 0.15) is 31.5 Å². The molecule has 0 aliphatic heterocycles. The third kappa shape index (κ3) is 3.03. The number of hydrogen-bond donors (Lipinski definition) is 2. The van der Waals surface area contributed by atoms with Crippen molar-refractivity contribution in [2.24, 2.45) is 5.73 Å². The second-order valence-corrected chi connectivity index (χ2v) is 4.71. The number of nitrogens with two attached hydrogens (primary N) is 1. The highest BCUT2D eigenvalue weighted by Gasteiger charge is 2.13. The van der Waals surface area contributed by atoms with E-state index in [4.69, 9.17) is 5.73 Å². The van der Waals surface area contributed by atoms with Crippen molar-refractivity contribution < 1.29 is 4.92 Å². The van der Waals surface area contributed by atoms with Gasteiger partial charge in [-0.25, -0.2) is 4.98 Å². The highest BCUT2D eigenvalue weighted by atomic mass is 16.6. The number of nitro groups is 1. The van der Waals surface area contributed by atoms with Crippen LogP contribution in [0.3, 0.4) is 0 Å². The average molecular weight is 274 g/mol. The minimum atomic E-state index is -0.409. The van der Waals surface area contributed by atoms with E-state index in [0.29, 0.717) is 6.54 Å². The summed E-state index contributed by atoms with van der Waals surface area (Å²) in [5.41, 5.74) is 7.57. The lowest BCUT2D eigenvalue weighted by atomic mass is 10.0. The monoisotopic (exact) mass is 274 g/mol. The van der Waals surface area contributed by atoms with Crippen LogP contribution in [0.4, 0.5) is 5.69 Å². The van der Waals surface area contributed by atoms with Gasteiger partial charge in [-0.15, -0.1) is 0 Å². The summed E-state index contributed by atoms with van der Waals surface area (Å²) < 4.78 is 0. The maximum Gasteiger partial charge on any atom is 0.269 e. The second kappa shape index (κ2) is 6.29. The van der Waals surface area contributed by atoms with Crippen LogP contribution in [0.25, 0.3) is 11.3 Å². The van der Waals surface area contributed by atoms with Crippen molar-refractivity contribution in [2.45, 2.75) is 25.7 Å². The van der Waals surface area contributed by atoms with Crippen molar-refractivity contribution in [2.75, 3.05) is 6.54 Å². The zero-order valence-corrected chi connectivity index (χ0v) is 11.4. The molecule has 6 nitrogen and oxygen atoms in total. The highest BCUT2D eigenvalue weighted by Crippen LogP contribution is 2.24. The van der Waals surface area contributed by atoms with Crippen LogP contribution in [0, 0.1) is 10.1 Å². The van der Waals surface area contributed by atoms with Crippen molar-refractivity contribution in [1.82, 2.24) is 9.97 Å². The summed E-state index contributed by atoms with van der Waals surface area (Å²) in [6.07, 6.45) is 3.79. The summed E-state index contributed by atoms with van der Waals surface area (Å²) in [4.78, 5) is 17.8. The van der Waals surface area contributed by atoms with E-state index in [2.05, 4.69) is 16.9 Å². The number of rotatable bonds is 6. The van der Waals surface area contributed by atoms with E-state index in [1.165, 1.54) is 12.1 Å². The molecule has 0 fully saturated rings. The Morgan fingerprint density at radius 1 is 1.40 bits per heavy atom. The number of nitro benzene ring substituents is 1. The number of imidazole rings is 1. The van der Waals surface area contributed by atoms with E-state index in [-0.39, 0.29) is 11.6 Å². The summed E-state index contributed by atoms with van der Waals surface area (Å²) in [5.74, 6) is 1.11. The minimum Gasteiger partial charge on any atom is -0.342 e. The molecule has 0 radical (unpaired) electrons. The molecule has 2 aromatic rings. The lowest BCUT2D eigenvalue weighted by Crippen LogP contribution is -2.13. The van der Waals surface area contributed by atoms with E-state index in [9.17, 15) is 10.1 Å². The molecule has 1 aromatic heterocycles. The van der Waals surface area contributed by atoms with Crippen LogP contribution in [-0.2, 0) is 0 Å². The molecule has 1 aromatic carbocycles. The fourth-order valence-corrected chi connectivity index (χ4v) is 2.17. The minimum absolute atomic E-state index is 0.0827. The molecule has 1 unspecified atom stereocenters. The Bertz CT molecular complexity index is 577. The van der Waals surface area contributed by atoms with Gasteiger partial charge in [0.1, 0.15) is 5.82 Å². The Labute approximate surface area is 117 Å². The van der Waals surface area contributed by atoms with Gasteiger partial charge in [0.15, 0.2) is 0 Å². The molecule has 1 heterocycles. The number of non-ortho nitro benzene ring substituents is 1. The van der Waals surface area contributed by atoms with Crippen molar-refractivity contribution in [1.29, 1.82) is 0 Å². The third-order valence-corrected chi connectivity index (χ3v) is 3.29. The molecule has 2 rings (SSSR count). The number of benzene rings is 1. The normalized spacial score (nSPS) is 12.3. The lowest BCUT2D eigenvalue weighted by molar-refractivity contribution is -0.384. The Balaban J connectivity index is 2.21. The Morgan fingerprint density at radius 2 is 2.10 bits per heavy atom. The summed E-state index contributed by atoms with van der Waals surface area (Å²) in [5, 5.41) is 10.6. The smallest absolute Gasteiger partial charge is 0.269 e. The number of aromatic amines is 1. The summed E-state index contributed by atoms with van der Waals surface area (Å²) in [7, 11) is 0. The van der Waals surface area contributed by atoms with Gasteiger partial charge in [-0.05, 0) is 18.6 Å². The van der Waals surface area contributed by atoms with Gasteiger partial charge in [0.2, 0.25) is 0 Å². The van der Waals surface area contributed by atoms with Gasteiger partial charge in [0, 0.05) is 30.2 Å². The second-order valence-electron chi connectivity index (χ2n) is 4.71. The van der Waals surface area contributed by atoms with E-state index in [1.54, 1.807) is 18.3 Å². The molecule has 6 heteroatoms. The van der Waals surface area contributed by atoms with Gasteiger partial charge in [-0.2, -0.15) is 0 Å². The number of H-pyrrole nitrogens is 1. The van der Waals surface area contributed by atoms with Crippen LogP contribution in [0.2, 0.25) is 0 Å². The first-order valence-corrected chi connectivity index (χ1v) is 6.65. The van der Waals surface area contributed by atoms with Crippen molar-refractivity contribution >= 4 is 5.69 Å². The van der Waals surface area contributed by atoms with Crippen LogP contribution >= 0.6 is 0 Å². The first-order chi connectivity index (χ1) is 9.65. The van der Waals surface area contributed by atoms with Crippen molar-refractivity contribution in [3.8, 4) is 11.3 Å². The van der Waals surface area contributed by atoms with Gasteiger partial charge < -0.3 is 10.7 Å². The SMILES string of the molecule is CCCC(CN)c1ncc(-c2ccc([N+](=O)[O-])cc2)[nH]1. The zero-order chi connectivity index (χ0) is 14.5. The first kappa shape index (κ1) is 14.2. The third-order valence-electron chi connectivity index (χ3n) is 3.29. The molecule has 0 saturated carbocycles. The summed E-state index contributed by atoms with van der Waals surface area (Å²) in [6, 6.07) is 6.41. The van der Waals surface area contributed by atoms with Gasteiger partial charge in [-0.1, -0.05) is 13.3 Å². The molecule has 0 spiro atoms. The molecule has 3 N–H and O–H groups in total. The number of nitrogens with one attached hydrogen (secondary N) is 1. The lowest BCUT2D eigenvalue weighted by Gasteiger charge is -2.09. The molecule has 0 aliphatic carbocycles. The predicted octanol–water partition coefficient (Wildman–Crippen LogP) is 2.83. The molecule has 0 aliphatic rings. The number of hydrogen-bond acceptors (Lipinski definition) is 4. The van der Waals surface area contributed by atoms with Crippen LogP contribution < -0.4 is 5.73 Å². The highest BCUT2D eigenvalue weighted by molar-refractivity contribution is 5.60. The predicted molar refractivity (Wildman–Crippen MR) is 77.4 cm³/mol.